The Hall–Kier alpha value is -2.47. The number of aliphatic hydroxyl groups excluding tert-OH is 1. The van der Waals surface area contributed by atoms with Gasteiger partial charge < -0.3 is 9.67 Å². The van der Waals surface area contributed by atoms with Gasteiger partial charge in [0.25, 0.3) is 5.56 Å². The molecule has 132 valence electrons. The zero-order chi connectivity index (χ0) is 18.1. The van der Waals surface area contributed by atoms with Crippen molar-refractivity contribution >= 4 is 11.0 Å². The van der Waals surface area contributed by atoms with E-state index in [-0.39, 0.29) is 18.0 Å². The lowest BCUT2D eigenvalue weighted by atomic mass is 10.1. The Morgan fingerprint density at radius 3 is 2.32 bits per heavy atom. The Kier molecular flexibility index (Phi) is 4.72. The van der Waals surface area contributed by atoms with Gasteiger partial charge in [0.1, 0.15) is 0 Å². The van der Waals surface area contributed by atoms with E-state index in [0.717, 1.165) is 16.7 Å². The lowest BCUT2D eigenvalue weighted by Crippen LogP contribution is -2.29. The van der Waals surface area contributed by atoms with Crippen LogP contribution in [0.15, 0.2) is 35.6 Å². The van der Waals surface area contributed by atoms with E-state index in [2.05, 4.69) is 29.9 Å². The third kappa shape index (κ3) is 3.64. The third-order valence-electron chi connectivity index (χ3n) is 4.54. The molecule has 25 heavy (non-hydrogen) atoms. The molecule has 0 radical (unpaired) electrons. The van der Waals surface area contributed by atoms with Gasteiger partial charge in [0, 0.05) is 6.07 Å². The van der Waals surface area contributed by atoms with Crippen LogP contribution in [0.5, 0.6) is 0 Å². The normalized spacial score (nSPS) is 12.9. The van der Waals surface area contributed by atoms with Gasteiger partial charge in [-0.1, -0.05) is 13.8 Å². The minimum Gasteiger partial charge on any atom is -0.389 e. The van der Waals surface area contributed by atoms with E-state index in [1.165, 1.54) is 28.1 Å². The molecular formula is C19H24N4O2. The number of imidazole rings is 1. The fraction of sp³-hybridized carbons (Fsp3) is 0.421. The van der Waals surface area contributed by atoms with Crippen molar-refractivity contribution in [2.24, 2.45) is 0 Å². The Morgan fingerprint density at radius 1 is 1.00 bits per heavy atom. The number of hydrogen-bond acceptors (Lipinski definition) is 4. The second kappa shape index (κ2) is 6.80. The topological polar surface area (TPSA) is 72.9 Å². The van der Waals surface area contributed by atoms with Crippen molar-refractivity contribution in [3.8, 4) is 0 Å². The molecule has 1 N–H and O–H groups in total. The summed E-state index contributed by atoms with van der Waals surface area (Å²) < 4.78 is 3.37. The summed E-state index contributed by atoms with van der Waals surface area (Å²) in [5.41, 5.74) is 4.91. The molecule has 0 saturated carbocycles. The number of nitrogens with zero attached hydrogens (tertiary/aromatic N) is 4. The molecule has 0 aliphatic rings. The molecule has 0 saturated heterocycles. The largest absolute Gasteiger partial charge is 0.389 e. The van der Waals surface area contributed by atoms with Gasteiger partial charge in [-0.05, 0) is 43.0 Å². The maximum Gasteiger partial charge on any atom is 0.253 e. The van der Waals surface area contributed by atoms with Crippen LogP contribution in [0.4, 0.5) is 0 Å². The highest BCUT2D eigenvalue weighted by molar-refractivity contribution is 5.77. The fourth-order valence-electron chi connectivity index (χ4n) is 2.86. The van der Waals surface area contributed by atoms with Crippen LogP contribution >= 0.6 is 0 Å². The molecule has 0 aliphatic heterocycles. The van der Waals surface area contributed by atoms with E-state index in [1.54, 1.807) is 6.33 Å². The van der Waals surface area contributed by atoms with Crippen molar-refractivity contribution in [2.45, 2.75) is 52.8 Å². The second-order valence-corrected chi connectivity index (χ2v) is 6.94. The first-order chi connectivity index (χ1) is 11.8. The van der Waals surface area contributed by atoms with Crippen molar-refractivity contribution in [2.75, 3.05) is 0 Å². The summed E-state index contributed by atoms with van der Waals surface area (Å²) in [5.74, 6) is 0.205. The summed E-state index contributed by atoms with van der Waals surface area (Å²) in [5, 5.41) is 10.4. The monoisotopic (exact) mass is 340 g/mol. The predicted molar refractivity (Wildman–Crippen MR) is 97.8 cm³/mol. The van der Waals surface area contributed by atoms with Crippen LogP contribution in [-0.4, -0.2) is 30.3 Å². The smallest absolute Gasteiger partial charge is 0.253 e. The molecule has 6 nitrogen and oxygen atoms in total. The summed E-state index contributed by atoms with van der Waals surface area (Å²) in [6.45, 7) is 8.68. The van der Waals surface area contributed by atoms with E-state index in [0.29, 0.717) is 6.54 Å². The molecule has 0 amide bonds. The number of aryl methyl sites for hydroxylation is 2. The molecule has 3 rings (SSSR count). The van der Waals surface area contributed by atoms with E-state index < -0.39 is 6.10 Å². The van der Waals surface area contributed by atoms with Gasteiger partial charge in [-0.3, -0.25) is 9.36 Å². The minimum absolute atomic E-state index is 0.139. The molecule has 3 aromatic rings. The van der Waals surface area contributed by atoms with Gasteiger partial charge >= 0.3 is 0 Å². The van der Waals surface area contributed by atoms with Gasteiger partial charge in [0.15, 0.2) is 0 Å². The third-order valence-corrected chi connectivity index (χ3v) is 4.54. The first-order valence-corrected chi connectivity index (χ1v) is 8.51. The Balaban J connectivity index is 1.78. The summed E-state index contributed by atoms with van der Waals surface area (Å²) >= 11 is 0. The first-order valence-electron chi connectivity index (χ1n) is 8.51. The predicted octanol–water partition coefficient (Wildman–Crippen LogP) is 2.39. The van der Waals surface area contributed by atoms with Gasteiger partial charge in [-0.2, -0.15) is 0 Å². The molecule has 0 unspecified atom stereocenters. The lowest BCUT2D eigenvalue weighted by Gasteiger charge is -2.14. The van der Waals surface area contributed by atoms with Crippen LogP contribution in [0.3, 0.4) is 0 Å². The average molecular weight is 340 g/mol. The minimum atomic E-state index is -0.705. The van der Waals surface area contributed by atoms with Gasteiger partial charge in [0.2, 0.25) is 0 Å². The summed E-state index contributed by atoms with van der Waals surface area (Å²) in [6.07, 6.45) is 2.54. The van der Waals surface area contributed by atoms with Crippen LogP contribution in [-0.2, 0) is 13.1 Å². The second-order valence-electron chi connectivity index (χ2n) is 6.94. The standard InChI is InChI=1S/C19H24N4O2/c1-12(2)16-7-19(25)23(11-20-16)9-15(24)8-22-10-21-17-5-13(3)14(4)6-18(17)22/h5-7,10-12,15,24H,8-9H2,1-4H3/t15-/m1/s1. The number of rotatable bonds is 5. The number of fused-ring (bicyclic) bond motifs is 1. The van der Waals surface area contributed by atoms with Crippen LogP contribution in [0.2, 0.25) is 0 Å². The zero-order valence-electron chi connectivity index (χ0n) is 15.1. The summed E-state index contributed by atoms with van der Waals surface area (Å²) in [6, 6.07) is 5.66. The van der Waals surface area contributed by atoms with Crippen LogP contribution < -0.4 is 5.56 Å². The van der Waals surface area contributed by atoms with Crippen molar-refractivity contribution in [3.63, 3.8) is 0 Å². The molecule has 2 aromatic heterocycles. The van der Waals surface area contributed by atoms with E-state index in [9.17, 15) is 9.90 Å². The highest BCUT2D eigenvalue weighted by atomic mass is 16.3. The van der Waals surface area contributed by atoms with Gasteiger partial charge in [-0.15, -0.1) is 0 Å². The van der Waals surface area contributed by atoms with E-state index >= 15 is 0 Å². The van der Waals surface area contributed by atoms with Gasteiger partial charge in [0.05, 0.1) is 48.6 Å². The van der Waals surface area contributed by atoms with Crippen molar-refractivity contribution in [3.05, 3.63) is 58.0 Å². The number of benzene rings is 1. The van der Waals surface area contributed by atoms with E-state index in [1.807, 2.05) is 24.5 Å². The molecule has 2 heterocycles. The highest BCUT2D eigenvalue weighted by Crippen LogP contribution is 2.18. The Morgan fingerprint density at radius 2 is 1.64 bits per heavy atom. The summed E-state index contributed by atoms with van der Waals surface area (Å²) in [7, 11) is 0. The Bertz CT molecular complexity index is 956. The lowest BCUT2D eigenvalue weighted by molar-refractivity contribution is 0.134. The maximum atomic E-state index is 12.2. The van der Waals surface area contributed by atoms with Crippen LogP contribution in [0.1, 0.15) is 36.6 Å². The van der Waals surface area contributed by atoms with Crippen molar-refractivity contribution in [1.29, 1.82) is 0 Å². The number of aliphatic hydroxyl groups is 1. The molecule has 6 heteroatoms. The average Bonchev–Trinajstić information content (AvgIpc) is 2.91. The Labute approximate surface area is 146 Å². The zero-order valence-corrected chi connectivity index (χ0v) is 15.1. The molecule has 1 aromatic carbocycles. The molecule has 0 bridgehead atoms. The molecule has 1 atom stereocenters. The first kappa shape index (κ1) is 17.4. The van der Waals surface area contributed by atoms with Crippen molar-refractivity contribution < 1.29 is 5.11 Å². The van der Waals surface area contributed by atoms with Crippen LogP contribution in [0, 0.1) is 13.8 Å². The van der Waals surface area contributed by atoms with E-state index in [4.69, 9.17) is 0 Å². The molecule has 0 spiro atoms. The van der Waals surface area contributed by atoms with Crippen LogP contribution in [0.25, 0.3) is 11.0 Å². The molecule has 0 fully saturated rings. The molecule has 0 aliphatic carbocycles. The van der Waals surface area contributed by atoms with Crippen molar-refractivity contribution in [1.82, 2.24) is 19.1 Å². The SMILES string of the molecule is Cc1cc2ncn(C[C@@H](O)Cn3cnc(C(C)C)cc3=O)c2cc1C. The van der Waals surface area contributed by atoms with Gasteiger partial charge in [-0.25, -0.2) is 9.97 Å². The maximum absolute atomic E-state index is 12.2. The number of hydrogen-bond donors (Lipinski definition) is 1. The fourth-order valence-corrected chi connectivity index (χ4v) is 2.86. The summed E-state index contributed by atoms with van der Waals surface area (Å²) in [4.78, 5) is 20.9. The quantitative estimate of drug-likeness (QED) is 0.774. The highest BCUT2D eigenvalue weighted by Gasteiger charge is 2.12. The number of aromatic nitrogens is 4. The molecular weight excluding hydrogens is 316 g/mol.